The fourth-order valence-corrected chi connectivity index (χ4v) is 2.66. The maximum Gasteiger partial charge on any atom is 0.295 e. The van der Waals surface area contributed by atoms with Crippen molar-refractivity contribution in [1.29, 1.82) is 0 Å². The molecule has 0 radical (unpaired) electrons. The van der Waals surface area contributed by atoms with E-state index in [-0.39, 0.29) is 17.5 Å². The highest BCUT2D eigenvalue weighted by molar-refractivity contribution is 6.05. The Balaban J connectivity index is 1.82. The first-order chi connectivity index (χ1) is 10.2. The second kappa shape index (κ2) is 4.41. The fourth-order valence-electron chi connectivity index (χ4n) is 2.66. The molecule has 1 aliphatic rings. The first-order valence-corrected chi connectivity index (χ1v) is 6.67. The zero-order chi connectivity index (χ0) is 14.4. The van der Waals surface area contributed by atoms with Crippen molar-refractivity contribution in [3.63, 3.8) is 0 Å². The standard InChI is InChI=1S/C16H11FN2O2/c17-12-4-3-10-8-11-5-6-19(15(11)18-13(10)9-12)16(20)14-2-1-7-21-14/h1-4,7-9H,5-6H2. The number of amides is 1. The van der Waals surface area contributed by atoms with Gasteiger partial charge in [0, 0.05) is 18.0 Å². The van der Waals surface area contributed by atoms with Crippen LogP contribution in [-0.2, 0) is 6.42 Å². The number of nitrogens with zero attached hydrogens (tertiary/aromatic N) is 2. The van der Waals surface area contributed by atoms with E-state index in [2.05, 4.69) is 4.98 Å². The van der Waals surface area contributed by atoms with Gasteiger partial charge in [-0.2, -0.15) is 0 Å². The summed E-state index contributed by atoms with van der Waals surface area (Å²) >= 11 is 0. The molecule has 0 N–H and O–H groups in total. The lowest BCUT2D eigenvalue weighted by molar-refractivity contribution is 0.0962. The number of carbonyl (C=O) groups is 1. The number of hydrogen-bond donors (Lipinski definition) is 0. The highest BCUT2D eigenvalue weighted by Gasteiger charge is 2.28. The summed E-state index contributed by atoms with van der Waals surface area (Å²) in [4.78, 5) is 18.4. The smallest absolute Gasteiger partial charge is 0.295 e. The molecule has 0 fully saturated rings. The largest absolute Gasteiger partial charge is 0.459 e. The molecule has 3 heterocycles. The molecule has 0 spiro atoms. The molecule has 104 valence electrons. The molecule has 0 saturated heterocycles. The van der Waals surface area contributed by atoms with E-state index >= 15 is 0 Å². The lowest BCUT2D eigenvalue weighted by Gasteiger charge is -2.15. The third kappa shape index (κ3) is 1.89. The summed E-state index contributed by atoms with van der Waals surface area (Å²) in [5.41, 5.74) is 1.54. The number of pyridine rings is 1. The van der Waals surface area contributed by atoms with Gasteiger partial charge in [0.15, 0.2) is 5.76 Å². The Morgan fingerprint density at radius 3 is 3.00 bits per heavy atom. The van der Waals surface area contributed by atoms with Crippen LogP contribution in [0.4, 0.5) is 10.2 Å². The Morgan fingerprint density at radius 1 is 1.29 bits per heavy atom. The van der Waals surface area contributed by atoms with Gasteiger partial charge in [-0.1, -0.05) is 0 Å². The van der Waals surface area contributed by atoms with E-state index in [1.165, 1.54) is 18.4 Å². The van der Waals surface area contributed by atoms with Crippen LogP contribution in [0.3, 0.4) is 0 Å². The van der Waals surface area contributed by atoms with Gasteiger partial charge in [0.25, 0.3) is 5.91 Å². The normalized spacial score (nSPS) is 13.7. The van der Waals surface area contributed by atoms with Gasteiger partial charge in [-0.15, -0.1) is 0 Å². The molecule has 0 aliphatic carbocycles. The molecule has 4 nitrogen and oxygen atoms in total. The van der Waals surface area contributed by atoms with Crippen molar-refractivity contribution in [2.45, 2.75) is 6.42 Å². The van der Waals surface area contributed by atoms with Crippen LogP contribution < -0.4 is 4.90 Å². The summed E-state index contributed by atoms with van der Waals surface area (Å²) in [5.74, 6) is 0.317. The first kappa shape index (κ1) is 12.1. The van der Waals surface area contributed by atoms with Crippen molar-refractivity contribution < 1.29 is 13.6 Å². The first-order valence-electron chi connectivity index (χ1n) is 6.67. The van der Waals surface area contributed by atoms with Crippen molar-refractivity contribution in [2.75, 3.05) is 11.4 Å². The van der Waals surface area contributed by atoms with Crippen molar-refractivity contribution >= 4 is 22.6 Å². The minimum absolute atomic E-state index is 0.220. The van der Waals surface area contributed by atoms with Crippen LogP contribution in [0, 0.1) is 5.82 Å². The molecular formula is C16H11FN2O2. The topological polar surface area (TPSA) is 46.3 Å². The van der Waals surface area contributed by atoms with Gasteiger partial charge in [0.1, 0.15) is 11.6 Å². The Hall–Kier alpha value is -2.69. The molecular weight excluding hydrogens is 271 g/mol. The molecule has 0 saturated carbocycles. The number of furan rings is 1. The van der Waals surface area contributed by atoms with Crippen molar-refractivity contribution in [3.05, 3.63) is 59.8 Å². The maximum absolute atomic E-state index is 13.3. The Bertz CT molecular complexity index is 843. The molecule has 4 rings (SSSR count). The fraction of sp³-hybridized carbons (Fsp3) is 0.125. The highest BCUT2D eigenvalue weighted by atomic mass is 19.1. The molecule has 2 aromatic heterocycles. The van der Waals surface area contributed by atoms with Gasteiger partial charge < -0.3 is 4.42 Å². The van der Waals surface area contributed by atoms with Gasteiger partial charge in [-0.25, -0.2) is 9.37 Å². The second-order valence-corrected chi connectivity index (χ2v) is 4.99. The van der Waals surface area contributed by atoms with Crippen molar-refractivity contribution in [2.24, 2.45) is 0 Å². The predicted molar refractivity (Wildman–Crippen MR) is 75.8 cm³/mol. The third-order valence-corrected chi connectivity index (χ3v) is 3.67. The van der Waals surface area contributed by atoms with Crippen LogP contribution >= 0.6 is 0 Å². The number of fused-ring (bicyclic) bond motifs is 2. The zero-order valence-corrected chi connectivity index (χ0v) is 11.0. The van der Waals surface area contributed by atoms with Gasteiger partial charge in [0.05, 0.1) is 11.8 Å². The summed E-state index contributed by atoms with van der Waals surface area (Å²) in [6.07, 6.45) is 2.20. The van der Waals surface area contributed by atoms with Crippen LogP contribution in [0.1, 0.15) is 16.1 Å². The van der Waals surface area contributed by atoms with E-state index in [1.54, 1.807) is 23.1 Å². The molecule has 21 heavy (non-hydrogen) atoms. The number of hydrogen-bond acceptors (Lipinski definition) is 3. The summed E-state index contributed by atoms with van der Waals surface area (Å²) in [6.45, 7) is 0.556. The summed E-state index contributed by atoms with van der Waals surface area (Å²) in [5, 5.41) is 0.877. The minimum Gasteiger partial charge on any atom is -0.459 e. The Morgan fingerprint density at radius 2 is 2.19 bits per heavy atom. The predicted octanol–water partition coefficient (Wildman–Crippen LogP) is 3.17. The van der Waals surface area contributed by atoms with Gasteiger partial charge in [-0.05, 0) is 42.3 Å². The van der Waals surface area contributed by atoms with Crippen molar-refractivity contribution in [3.8, 4) is 0 Å². The molecule has 1 aromatic carbocycles. The summed E-state index contributed by atoms with van der Waals surface area (Å²) in [6, 6.07) is 9.76. The van der Waals surface area contributed by atoms with E-state index in [0.717, 1.165) is 17.4 Å². The van der Waals surface area contributed by atoms with E-state index in [9.17, 15) is 9.18 Å². The zero-order valence-electron chi connectivity index (χ0n) is 11.0. The van der Waals surface area contributed by atoms with Crippen LogP contribution in [0.15, 0.2) is 47.1 Å². The monoisotopic (exact) mass is 282 g/mol. The van der Waals surface area contributed by atoms with E-state index in [0.29, 0.717) is 17.9 Å². The van der Waals surface area contributed by atoms with Crippen LogP contribution in [0.2, 0.25) is 0 Å². The number of rotatable bonds is 1. The number of anilines is 1. The highest BCUT2D eigenvalue weighted by Crippen LogP contribution is 2.30. The molecule has 0 unspecified atom stereocenters. The third-order valence-electron chi connectivity index (χ3n) is 3.67. The van der Waals surface area contributed by atoms with E-state index in [1.807, 2.05) is 6.07 Å². The van der Waals surface area contributed by atoms with Gasteiger partial charge >= 0.3 is 0 Å². The summed E-state index contributed by atoms with van der Waals surface area (Å²) < 4.78 is 18.5. The SMILES string of the molecule is O=C(c1ccco1)N1CCc2cc3ccc(F)cc3nc21. The molecule has 3 aromatic rings. The van der Waals surface area contributed by atoms with Crippen LogP contribution in [-0.4, -0.2) is 17.4 Å². The number of aromatic nitrogens is 1. The summed E-state index contributed by atoms with van der Waals surface area (Å²) in [7, 11) is 0. The Kier molecular flexibility index (Phi) is 2.54. The quantitative estimate of drug-likeness (QED) is 0.688. The molecule has 1 amide bonds. The number of benzene rings is 1. The molecule has 0 atom stereocenters. The van der Waals surface area contributed by atoms with Gasteiger partial charge in [-0.3, -0.25) is 9.69 Å². The van der Waals surface area contributed by atoms with E-state index < -0.39 is 0 Å². The van der Waals surface area contributed by atoms with Crippen LogP contribution in [0.5, 0.6) is 0 Å². The number of halogens is 1. The molecule has 0 bridgehead atoms. The Labute approximate surface area is 119 Å². The number of carbonyl (C=O) groups excluding carboxylic acids is 1. The second-order valence-electron chi connectivity index (χ2n) is 4.99. The lowest BCUT2D eigenvalue weighted by atomic mass is 10.1. The maximum atomic E-state index is 13.3. The molecule has 5 heteroatoms. The minimum atomic E-state index is -0.336. The van der Waals surface area contributed by atoms with Crippen LogP contribution in [0.25, 0.3) is 10.9 Å². The lowest BCUT2D eigenvalue weighted by Crippen LogP contribution is -2.29. The van der Waals surface area contributed by atoms with E-state index in [4.69, 9.17) is 4.42 Å². The average molecular weight is 282 g/mol. The average Bonchev–Trinajstić information content (AvgIpc) is 3.13. The molecule has 1 aliphatic heterocycles. The van der Waals surface area contributed by atoms with Gasteiger partial charge in [0.2, 0.25) is 0 Å². The van der Waals surface area contributed by atoms with Crippen molar-refractivity contribution in [1.82, 2.24) is 4.98 Å².